The summed E-state index contributed by atoms with van der Waals surface area (Å²) >= 11 is 0. The minimum atomic E-state index is 1.00. The quantitative estimate of drug-likeness (QED) is 0.409. The van der Waals surface area contributed by atoms with E-state index in [1.165, 1.54) is 0 Å². The van der Waals surface area contributed by atoms with Gasteiger partial charge in [0, 0.05) is 7.11 Å². The topological polar surface area (TPSA) is 20.2 Å². The molecule has 0 aliphatic heterocycles. The molecule has 0 amide bonds. The van der Waals surface area contributed by atoms with Crippen LogP contribution in [0.3, 0.4) is 0 Å². The van der Waals surface area contributed by atoms with Gasteiger partial charge in [-0.2, -0.15) is 0 Å². The molecule has 0 rings (SSSR count). The van der Waals surface area contributed by atoms with Gasteiger partial charge in [0.1, 0.15) is 0 Å². The fourth-order valence-electron chi connectivity index (χ4n) is 0. The summed E-state index contributed by atoms with van der Waals surface area (Å²) in [7, 11) is 3.42. The molecule has 0 radical (unpaired) electrons. The number of aliphatic hydroxyl groups excluding tert-OH is 1. The molecule has 4 heavy (non-hydrogen) atoms. The van der Waals surface area contributed by atoms with Crippen molar-refractivity contribution in [3.05, 3.63) is 0 Å². The van der Waals surface area contributed by atoms with E-state index < -0.39 is 0 Å². The SMILES string of the molecule is CO.CP. The van der Waals surface area contributed by atoms with Crippen molar-refractivity contribution >= 4 is 9.24 Å². The Morgan fingerprint density at radius 3 is 1.25 bits per heavy atom. The first kappa shape index (κ1) is 8.83. The van der Waals surface area contributed by atoms with Gasteiger partial charge >= 0.3 is 0 Å². The van der Waals surface area contributed by atoms with Crippen LogP contribution in [0.2, 0.25) is 0 Å². The maximum atomic E-state index is 7.00. The van der Waals surface area contributed by atoms with Gasteiger partial charge in [-0.15, -0.1) is 9.24 Å². The second-order valence-electron chi connectivity index (χ2n) is 0. The fourth-order valence-corrected chi connectivity index (χ4v) is 0. The Kier molecular flexibility index (Phi) is 281. The van der Waals surface area contributed by atoms with Crippen LogP contribution in [0.15, 0.2) is 0 Å². The smallest absolute Gasteiger partial charge is 0.0319 e. The molecule has 0 saturated heterocycles. The first-order chi connectivity index (χ1) is 2.00. The Morgan fingerprint density at radius 2 is 1.25 bits per heavy atom. The Balaban J connectivity index is 0. The molecule has 2 heteroatoms. The van der Waals surface area contributed by atoms with Crippen LogP contribution in [0.4, 0.5) is 0 Å². The summed E-state index contributed by atoms with van der Waals surface area (Å²) in [5, 5.41) is 7.00. The van der Waals surface area contributed by atoms with Gasteiger partial charge in [0.15, 0.2) is 0 Å². The second kappa shape index (κ2) is 127. The monoisotopic (exact) mass is 80.0 g/mol. The number of rotatable bonds is 0. The van der Waals surface area contributed by atoms with Crippen molar-refractivity contribution in [2.75, 3.05) is 13.8 Å². The molecule has 0 bridgehead atoms. The van der Waals surface area contributed by atoms with Crippen LogP contribution in [-0.2, 0) is 0 Å². The Morgan fingerprint density at radius 1 is 1.25 bits per heavy atom. The van der Waals surface area contributed by atoms with E-state index in [1.54, 1.807) is 0 Å². The normalized spacial score (nSPS) is 3.00. The van der Waals surface area contributed by atoms with E-state index in [0.29, 0.717) is 0 Å². The maximum Gasteiger partial charge on any atom is 0.0319 e. The number of hydrogen-bond donors (Lipinski definition) is 1. The van der Waals surface area contributed by atoms with E-state index in [2.05, 4.69) is 9.24 Å². The van der Waals surface area contributed by atoms with Crippen molar-refractivity contribution in [3.63, 3.8) is 0 Å². The molecule has 28 valence electrons. The van der Waals surface area contributed by atoms with Crippen molar-refractivity contribution in [2.24, 2.45) is 0 Å². The van der Waals surface area contributed by atoms with Crippen LogP contribution < -0.4 is 0 Å². The molecule has 0 aliphatic carbocycles. The highest BCUT2D eigenvalue weighted by Gasteiger charge is 0.906. The molecule has 0 aromatic heterocycles. The lowest BCUT2D eigenvalue weighted by atomic mass is 11.8. The molecule has 0 fully saturated rings. The summed E-state index contributed by atoms with van der Waals surface area (Å²) in [5.74, 6) is 0. The molecule has 1 atom stereocenters. The lowest BCUT2D eigenvalue weighted by Crippen LogP contribution is -1.25. The molecule has 1 unspecified atom stereocenters. The van der Waals surface area contributed by atoms with Crippen LogP contribution >= 0.6 is 9.24 Å². The number of aliphatic hydroxyl groups is 1. The van der Waals surface area contributed by atoms with Crippen LogP contribution in [-0.4, -0.2) is 18.9 Å². The van der Waals surface area contributed by atoms with Gasteiger partial charge in [-0.3, -0.25) is 0 Å². The van der Waals surface area contributed by atoms with Crippen molar-refractivity contribution in [3.8, 4) is 0 Å². The van der Waals surface area contributed by atoms with Gasteiger partial charge in [-0.05, 0) is 0 Å². The molecule has 0 spiro atoms. The van der Waals surface area contributed by atoms with E-state index in [4.69, 9.17) is 5.11 Å². The summed E-state index contributed by atoms with van der Waals surface area (Å²) in [5.41, 5.74) is 0. The van der Waals surface area contributed by atoms with Gasteiger partial charge in [0.2, 0.25) is 0 Å². The van der Waals surface area contributed by atoms with E-state index in [9.17, 15) is 0 Å². The minimum absolute atomic E-state index is 1.00. The predicted octanol–water partition coefficient (Wildman–Crippen LogP) is 0.0998. The third-order valence-corrected chi connectivity index (χ3v) is 0. The summed E-state index contributed by atoms with van der Waals surface area (Å²) in [6.07, 6.45) is 0. The van der Waals surface area contributed by atoms with Gasteiger partial charge in [-0.25, -0.2) is 0 Å². The molecule has 1 nitrogen and oxygen atoms in total. The average Bonchev–Trinajstić information content (AvgIpc) is 1.50. The van der Waals surface area contributed by atoms with Crippen LogP contribution in [0.1, 0.15) is 0 Å². The fraction of sp³-hybridized carbons (Fsp3) is 1.00. The summed E-state index contributed by atoms with van der Waals surface area (Å²) in [6.45, 7) is 1.92. The van der Waals surface area contributed by atoms with E-state index in [0.717, 1.165) is 7.11 Å². The summed E-state index contributed by atoms with van der Waals surface area (Å²) in [4.78, 5) is 0. The maximum absolute atomic E-state index is 7.00. The largest absolute Gasteiger partial charge is 0.400 e. The molecule has 0 aromatic carbocycles. The third-order valence-electron chi connectivity index (χ3n) is 0. The zero-order valence-electron chi connectivity index (χ0n) is 3.02. The zero-order chi connectivity index (χ0) is 4.00. The highest BCUT2D eigenvalue weighted by molar-refractivity contribution is 7.15. The van der Waals surface area contributed by atoms with Crippen molar-refractivity contribution in [1.29, 1.82) is 0 Å². The molecular formula is C2H9OP. The Labute approximate surface area is 29.2 Å². The van der Waals surface area contributed by atoms with Crippen molar-refractivity contribution < 1.29 is 5.11 Å². The van der Waals surface area contributed by atoms with Gasteiger partial charge in [-0.1, -0.05) is 6.66 Å². The summed E-state index contributed by atoms with van der Waals surface area (Å²) in [6, 6.07) is 0. The predicted molar refractivity (Wildman–Crippen MR) is 23.8 cm³/mol. The summed E-state index contributed by atoms with van der Waals surface area (Å²) < 4.78 is 0. The molecule has 0 aromatic rings. The molecular weight excluding hydrogens is 71.0 g/mol. The standard InChI is InChI=1S/CH4O.CH5P/c2*1-2/h2H,1H3;2H2,1H3. The van der Waals surface area contributed by atoms with E-state index in [-0.39, 0.29) is 0 Å². The first-order valence-electron chi connectivity index (χ1n) is 1.02. The van der Waals surface area contributed by atoms with Gasteiger partial charge < -0.3 is 5.11 Å². The molecule has 1 N–H and O–H groups in total. The third kappa shape index (κ3) is 30.4. The van der Waals surface area contributed by atoms with E-state index in [1.807, 2.05) is 6.66 Å². The lowest BCUT2D eigenvalue weighted by molar-refractivity contribution is 0.399. The zero-order valence-corrected chi connectivity index (χ0v) is 4.18. The van der Waals surface area contributed by atoms with Gasteiger partial charge in [0.05, 0.1) is 0 Å². The van der Waals surface area contributed by atoms with Crippen molar-refractivity contribution in [2.45, 2.75) is 0 Å². The average molecular weight is 80.1 g/mol. The van der Waals surface area contributed by atoms with Crippen LogP contribution in [0.25, 0.3) is 0 Å². The highest BCUT2D eigenvalue weighted by Crippen LogP contribution is 1.46. The van der Waals surface area contributed by atoms with Crippen LogP contribution in [0.5, 0.6) is 0 Å². The Bertz CT molecular complexity index is 6.00. The minimum Gasteiger partial charge on any atom is -0.400 e. The number of hydrogen-bond acceptors (Lipinski definition) is 1. The Hall–Kier alpha value is 0.390. The first-order valence-corrected chi connectivity index (χ1v) is 2.18. The second-order valence-corrected chi connectivity index (χ2v) is 0. The van der Waals surface area contributed by atoms with E-state index >= 15 is 0 Å². The van der Waals surface area contributed by atoms with Gasteiger partial charge in [0.25, 0.3) is 0 Å². The van der Waals surface area contributed by atoms with Crippen LogP contribution in [0, 0.1) is 0 Å². The molecule has 0 heterocycles. The lowest BCUT2D eigenvalue weighted by Gasteiger charge is -1.21. The van der Waals surface area contributed by atoms with Crippen molar-refractivity contribution in [1.82, 2.24) is 0 Å². The molecule has 0 saturated carbocycles. The molecule has 0 aliphatic rings. The highest BCUT2D eigenvalue weighted by atomic mass is 31.0.